The molecule has 128 valence electrons. The molecule has 0 aromatic carbocycles. The molecule has 6 nitrogen and oxygen atoms in total. The van der Waals surface area contributed by atoms with Gasteiger partial charge in [-0.1, -0.05) is 0 Å². The van der Waals surface area contributed by atoms with E-state index in [-0.39, 0.29) is 23.4 Å². The molecular weight excluding hydrogens is 316 g/mol. The van der Waals surface area contributed by atoms with Crippen molar-refractivity contribution >= 4 is 10.0 Å². The molecule has 1 aromatic heterocycles. The van der Waals surface area contributed by atoms with Crippen molar-refractivity contribution in [2.24, 2.45) is 0 Å². The van der Waals surface area contributed by atoms with Gasteiger partial charge in [-0.05, 0) is 44.9 Å². The Balaban J connectivity index is 1.55. The number of likely N-dealkylation sites (N-methyl/N-ethyl adjacent to an activating group) is 1. The second kappa shape index (κ2) is 5.88. The highest BCUT2D eigenvalue weighted by atomic mass is 32.2. The summed E-state index contributed by atoms with van der Waals surface area (Å²) in [6, 6.07) is 3.91. The third-order valence-corrected chi connectivity index (χ3v) is 7.66. The van der Waals surface area contributed by atoms with Crippen molar-refractivity contribution in [3.05, 3.63) is 24.2 Å². The molecule has 3 heterocycles. The Morgan fingerprint density at radius 3 is 2.87 bits per heavy atom. The van der Waals surface area contributed by atoms with Crippen LogP contribution >= 0.6 is 0 Å². The second-order valence-corrected chi connectivity index (χ2v) is 9.09. The van der Waals surface area contributed by atoms with Gasteiger partial charge >= 0.3 is 0 Å². The van der Waals surface area contributed by atoms with Gasteiger partial charge in [0.25, 0.3) is 0 Å². The van der Waals surface area contributed by atoms with E-state index in [0.717, 1.165) is 38.1 Å². The van der Waals surface area contributed by atoms with E-state index in [4.69, 9.17) is 9.15 Å². The van der Waals surface area contributed by atoms with Crippen molar-refractivity contribution in [3.63, 3.8) is 0 Å². The van der Waals surface area contributed by atoms with Crippen molar-refractivity contribution in [2.45, 2.75) is 55.7 Å². The summed E-state index contributed by atoms with van der Waals surface area (Å²) in [6.07, 6.45) is 5.10. The van der Waals surface area contributed by atoms with Gasteiger partial charge in [-0.15, -0.1) is 0 Å². The summed E-state index contributed by atoms with van der Waals surface area (Å²) >= 11 is 0. The SMILES string of the molecule is CN(Cc1ccco1)[C@@H]1CN(S(=O)(=O)C2CC2)[C@@H]2CCCO[C@H]12. The van der Waals surface area contributed by atoms with Crippen molar-refractivity contribution in [1.82, 2.24) is 9.21 Å². The number of rotatable bonds is 5. The van der Waals surface area contributed by atoms with Gasteiger partial charge in [0.1, 0.15) is 5.76 Å². The topological polar surface area (TPSA) is 63.0 Å². The number of hydrogen-bond acceptors (Lipinski definition) is 5. The molecule has 0 amide bonds. The highest BCUT2D eigenvalue weighted by molar-refractivity contribution is 7.90. The lowest BCUT2D eigenvalue weighted by molar-refractivity contribution is -0.0325. The summed E-state index contributed by atoms with van der Waals surface area (Å²) in [5.41, 5.74) is 0. The van der Waals surface area contributed by atoms with E-state index in [0.29, 0.717) is 13.1 Å². The van der Waals surface area contributed by atoms with Crippen molar-refractivity contribution in [3.8, 4) is 0 Å². The molecule has 1 aromatic rings. The number of hydrogen-bond donors (Lipinski definition) is 0. The van der Waals surface area contributed by atoms with Gasteiger partial charge in [-0.25, -0.2) is 8.42 Å². The fourth-order valence-electron chi connectivity index (χ4n) is 3.89. The average Bonchev–Trinajstić information content (AvgIpc) is 3.15. The first-order chi connectivity index (χ1) is 11.1. The maximum Gasteiger partial charge on any atom is 0.217 e. The zero-order chi connectivity index (χ0) is 16.0. The molecule has 7 heteroatoms. The molecule has 0 spiro atoms. The molecule has 0 unspecified atom stereocenters. The molecule has 3 aliphatic rings. The molecule has 4 rings (SSSR count). The van der Waals surface area contributed by atoms with Gasteiger partial charge in [-0.2, -0.15) is 4.31 Å². The predicted molar refractivity (Wildman–Crippen MR) is 85.4 cm³/mol. The number of fused-ring (bicyclic) bond motifs is 1. The molecule has 3 fully saturated rings. The Kier molecular flexibility index (Phi) is 3.99. The summed E-state index contributed by atoms with van der Waals surface area (Å²) in [4.78, 5) is 2.17. The van der Waals surface area contributed by atoms with E-state index >= 15 is 0 Å². The Hall–Kier alpha value is -0.890. The van der Waals surface area contributed by atoms with Crippen LogP contribution in [0.1, 0.15) is 31.4 Å². The summed E-state index contributed by atoms with van der Waals surface area (Å²) in [5.74, 6) is 0.892. The van der Waals surface area contributed by atoms with Crippen molar-refractivity contribution in [1.29, 1.82) is 0 Å². The third kappa shape index (κ3) is 2.84. The van der Waals surface area contributed by atoms with Gasteiger partial charge in [0.05, 0.1) is 36.2 Å². The lowest BCUT2D eigenvalue weighted by Gasteiger charge is -2.34. The minimum Gasteiger partial charge on any atom is -0.468 e. The largest absolute Gasteiger partial charge is 0.468 e. The van der Waals surface area contributed by atoms with Crippen LogP contribution < -0.4 is 0 Å². The Morgan fingerprint density at radius 1 is 1.35 bits per heavy atom. The lowest BCUT2D eigenvalue weighted by atomic mass is 10.0. The fourth-order valence-corrected chi connectivity index (χ4v) is 5.97. The van der Waals surface area contributed by atoms with E-state index in [2.05, 4.69) is 4.90 Å². The number of nitrogens with zero attached hydrogens (tertiary/aromatic N) is 2. The van der Waals surface area contributed by atoms with E-state index in [9.17, 15) is 8.42 Å². The smallest absolute Gasteiger partial charge is 0.217 e. The minimum atomic E-state index is -3.16. The molecular formula is C16H24N2O4S. The molecule has 2 saturated heterocycles. The standard InChI is InChI=1S/C16H24N2O4S/c1-17(10-12-4-2-8-21-12)15-11-18(23(19,20)13-6-7-13)14-5-3-9-22-16(14)15/h2,4,8,13-16H,3,5-7,9-11H2,1H3/t14-,15-,16+/m1/s1. The van der Waals surface area contributed by atoms with Crippen LogP contribution in [0.3, 0.4) is 0 Å². The van der Waals surface area contributed by atoms with Crippen LogP contribution in [0, 0.1) is 0 Å². The zero-order valence-electron chi connectivity index (χ0n) is 13.4. The van der Waals surface area contributed by atoms with E-state index in [1.165, 1.54) is 0 Å². The molecule has 2 aliphatic heterocycles. The van der Waals surface area contributed by atoms with Crippen LogP contribution in [-0.2, 0) is 21.3 Å². The van der Waals surface area contributed by atoms with Crippen molar-refractivity contribution < 1.29 is 17.6 Å². The monoisotopic (exact) mass is 340 g/mol. The van der Waals surface area contributed by atoms with Crippen LogP contribution in [0.4, 0.5) is 0 Å². The highest BCUT2D eigenvalue weighted by Crippen LogP contribution is 2.39. The number of sulfonamides is 1. The maximum atomic E-state index is 12.8. The Morgan fingerprint density at radius 2 is 2.17 bits per heavy atom. The van der Waals surface area contributed by atoms with Crippen LogP contribution in [0.15, 0.2) is 22.8 Å². The molecule has 0 bridgehead atoms. The molecule has 1 saturated carbocycles. The zero-order valence-corrected chi connectivity index (χ0v) is 14.2. The van der Waals surface area contributed by atoms with Crippen molar-refractivity contribution in [2.75, 3.05) is 20.2 Å². The van der Waals surface area contributed by atoms with Gasteiger partial charge < -0.3 is 9.15 Å². The van der Waals surface area contributed by atoms with Crippen LogP contribution in [-0.4, -0.2) is 61.3 Å². The molecule has 3 atom stereocenters. The van der Waals surface area contributed by atoms with E-state index in [1.54, 1.807) is 10.6 Å². The lowest BCUT2D eigenvalue weighted by Crippen LogP contribution is -2.46. The highest BCUT2D eigenvalue weighted by Gasteiger charge is 2.53. The number of furan rings is 1. The molecule has 0 radical (unpaired) electrons. The second-order valence-electron chi connectivity index (χ2n) is 6.92. The van der Waals surface area contributed by atoms with E-state index in [1.807, 2.05) is 19.2 Å². The number of ether oxygens (including phenoxy) is 1. The summed E-state index contributed by atoms with van der Waals surface area (Å²) < 4.78 is 38.7. The predicted octanol–water partition coefficient (Wildman–Crippen LogP) is 1.44. The normalized spacial score (nSPS) is 32.3. The third-order valence-electron chi connectivity index (χ3n) is 5.27. The van der Waals surface area contributed by atoms with Crippen LogP contribution in [0.5, 0.6) is 0 Å². The minimum absolute atomic E-state index is 0.00148. The maximum absolute atomic E-state index is 12.8. The molecule has 0 N–H and O–H groups in total. The molecule has 23 heavy (non-hydrogen) atoms. The van der Waals surface area contributed by atoms with E-state index < -0.39 is 10.0 Å². The quantitative estimate of drug-likeness (QED) is 0.811. The Bertz CT molecular complexity index is 641. The van der Waals surface area contributed by atoms with Gasteiger partial charge in [-0.3, -0.25) is 4.90 Å². The Labute approximate surface area is 137 Å². The first-order valence-electron chi connectivity index (χ1n) is 8.42. The van der Waals surface area contributed by atoms with Crippen LogP contribution in [0.2, 0.25) is 0 Å². The van der Waals surface area contributed by atoms with Gasteiger partial charge in [0.2, 0.25) is 10.0 Å². The van der Waals surface area contributed by atoms with Gasteiger partial charge in [0.15, 0.2) is 0 Å². The first-order valence-corrected chi connectivity index (χ1v) is 9.92. The first kappa shape index (κ1) is 15.6. The summed E-state index contributed by atoms with van der Waals surface area (Å²) in [5, 5.41) is -0.154. The summed E-state index contributed by atoms with van der Waals surface area (Å²) in [6.45, 7) is 1.93. The average molecular weight is 340 g/mol. The fraction of sp³-hybridized carbons (Fsp3) is 0.750. The molecule has 1 aliphatic carbocycles. The summed E-state index contributed by atoms with van der Waals surface area (Å²) in [7, 11) is -1.14. The van der Waals surface area contributed by atoms with Gasteiger partial charge in [0, 0.05) is 13.2 Å². The van der Waals surface area contributed by atoms with Crippen LogP contribution in [0.25, 0.3) is 0 Å².